The van der Waals surface area contributed by atoms with Crippen molar-refractivity contribution < 1.29 is 9.90 Å². The van der Waals surface area contributed by atoms with Gasteiger partial charge in [-0.25, -0.2) is 0 Å². The summed E-state index contributed by atoms with van der Waals surface area (Å²) in [5.74, 6) is 0.311. The monoisotopic (exact) mass is 326 g/mol. The number of benzene rings is 2. The van der Waals surface area contributed by atoms with Crippen LogP contribution < -0.4 is 10.6 Å². The summed E-state index contributed by atoms with van der Waals surface area (Å²) in [6.45, 7) is 6.11. The summed E-state index contributed by atoms with van der Waals surface area (Å²) >= 11 is 0. The maximum absolute atomic E-state index is 12.5. The van der Waals surface area contributed by atoms with Crippen molar-refractivity contribution in [2.24, 2.45) is 0 Å². The van der Waals surface area contributed by atoms with Crippen LogP contribution in [0.4, 0.5) is 11.4 Å². The van der Waals surface area contributed by atoms with Crippen molar-refractivity contribution >= 4 is 17.3 Å². The van der Waals surface area contributed by atoms with Crippen LogP contribution in [0.2, 0.25) is 0 Å². The van der Waals surface area contributed by atoms with Crippen molar-refractivity contribution in [1.29, 1.82) is 0 Å². The zero-order valence-electron chi connectivity index (χ0n) is 14.5. The normalized spacial score (nSPS) is 13.2. The molecule has 2 aromatic carbocycles. The number of rotatable bonds is 7. The molecule has 0 fully saturated rings. The summed E-state index contributed by atoms with van der Waals surface area (Å²) in [5, 5.41) is 15.4. The van der Waals surface area contributed by atoms with E-state index in [0.717, 1.165) is 28.9 Å². The van der Waals surface area contributed by atoms with Crippen LogP contribution in [-0.2, 0) is 11.4 Å². The topological polar surface area (TPSA) is 61.4 Å². The minimum atomic E-state index is -0.385. The Hall–Kier alpha value is -2.33. The van der Waals surface area contributed by atoms with Gasteiger partial charge in [-0.15, -0.1) is 0 Å². The van der Waals surface area contributed by atoms with Gasteiger partial charge >= 0.3 is 0 Å². The Labute approximate surface area is 143 Å². The van der Waals surface area contributed by atoms with Crippen molar-refractivity contribution in [3.63, 3.8) is 0 Å². The number of hydrogen-bond donors (Lipinski definition) is 3. The van der Waals surface area contributed by atoms with Crippen LogP contribution in [0.3, 0.4) is 0 Å². The highest BCUT2D eigenvalue weighted by Gasteiger charge is 2.16. The van der Waals surface area contributed by atoms with Crippen molar-refractivity contribution in [3.8, 4) is 0 Å². The molecule has 2 atom stereocenters. The molecule has 2 rings (SSSR count). The van der Waals surface area contributed by atoms with E-state index in [1.165, 1.54) is 0 Å². The van der Waals surface area contributed by atoms with Gasteiger partial charge in [0.25, 0.3) is 0 Å². The predicted molar refractivity (Wildman–Crippen MR) is 99.2 cm³/mol. The van der Waals surface area contributed by atoms with Crippen molar-refractivity contribution in [2.75, 3.05) is 10.6 Å². The Balaban J connectivity index is 2.06. The summed E-state index contributed by atoms with van der Waals surface area (Å²) in [6, 6.07) is 15.0. The summed E-state index contributed by atoms with van der Waals surface area (Å²) in [4.78, 5) is 12.5. The third kappa shape index (κ3) is 4.59. The lowest BCUT2D eigenvalue weighted by Crippen LogP contribution is -2.32. The van der Waals surface area contributed by atoms with E-state index in [1.54, 1.807) is 0 Å². The molecule has 0 aromatic heterocycles. The number of aliphatic hydroxyl groups is 1. The number of para-hydroxylation sites is 1. The fraction of sp³-hybridized carbons (Fsp3) is 0.350. The maximum Gasteiger partial charge on any atom is 0.246 e. The van der Waals surface area contributed by atoms with E-state index < -0.39 is 0 Å². The minimum absolute atomic E-state index is 0.0155. The highest BCUT2D eigenvalue weighted by molar-refractivity contribution is 5.96. The zero-order chi connectivity index (χ0) is 17.5. The van der Waals surface area contributed by atoms with E-state index in [4.69, 9.17) is 0 Å². The second-order valence-electron chi connectivity index (χ2n) is 6.11. The first kappa shape index (κ1) is 18.0. The summed E-state index contributed by atoms with van der Waals surface area (Å²) in [6.07, 6.45) is 1.02. The SMILES string of the molecule is CC[C@@H](C)c1ccccc1NC(=O)[C@@H](C)Nc1cccc(CO)c1. The fourth-order valence-corrected chi connectivity index (χ4v) is 2.58. The number of nitrogens with one attached hydrogen (secondary N) is 2. The summed E-state index contributed by atoms with van der Waals surface area (Å²) in [7, 11) is 0. The summed E-state index contributed by atoms with van der Waals surface area (Å²) in [5.41, 5.74) is 3.66. The molecule has 0 bridgehead atoms. The first-order chi connectivity index (χ1) is 11.5. The van der Waals surface area contributed by atoms with Crippen LogP contribution in [-0.4, -0.2) is 17.1 Å². The van der Waals surface area contributed by atoms with Crippen LogP contribution in [0.25, 0.3) is 0 Å². The fourth-order valence-electron chi connectivity index (χ4n) is 2.58. The van der Waals surface area contributed by atoms with Crippen molar-refractivity contribution in [1.82, 2.24) is 0 Å². The third-order valence-corrected chi connectivity index (χ3v) is 4.25. The highest BCUT2D eigenvalue weighted by atomic mass is 16.3. The number of carbonyl (C=O) groups is 1. The molecule has 128 valence electrons. The van der Waals surface area contributed by atoms with E-state index >= 15 is 0 Å². The largest absolute Gasteiger partial charge is 0.392 e. The minimum Gasteiger partial charge on any atom is -0.392 e. The zero-order valence-corrected chi connectivity index (χ0v) is 14.5. The first-order valence-corrected chi connectivity index (χ1v) is 8.41. The molecule has 0 unspecified atom stereocenters. The van der Waals surface area contributed by atoms with Crippen molar-refractivity contribution in [2.45, 2.75) is 45.8 Å². The molecule has 0 aliphatic carbocycles. The second kappa shape index (κ2) is 8.50. The van der Waals surface area contributed by atoms with Gasteiger partial charge in [-0.3, -0.25) is 4.79 Å². The van der Waals surface area contributed by atoms with Crippen LogP contribution in [0.5, 0.6) is 0 Å². The molecule has 24 heavy (non-hydrogen) atoms. The summed E-state index contributed by atoms with van der Waals surface area (Å²) < 4.78 is 0. The molecule has 3 N–H and O–H groups in total. The van der Waals surface area contributed by atoms with E-state index in [9.17, 15) is 9.90 Å². The van der Waals surface area contributed by atoms with Crippen molar-refractivity contribution in [3.05, 3.63) is 59.7 Å². The van der Waals surface area contributed by atoms with Gasteiger partial charge in [0.1, 0.15) is 6.04 Å². The number of aliphatic hydroxyl groups excluding tert-OH is 1. The number of amides is 1. The van der Waals surface area contributed by atoms with Crippen LogP contribution >= 0.6 is 0 Å². The van der Waals surface area contributed by atoms with Gasteiger partial charge in [-0.05, 0) is 48.6 Å². The molecule has 4 heteroatoms. The van der Waals surface area contributed by atoms with Crippen LogP contribution in [0, 0.1) is 0 Å². The Bertz CT molecular complexity index is 685. The molecule has 0 heterocycles. The number of carbonyl (C=O) groups excluding carboxylic acids is 1. The van der Waals surface area contributed by atoms with Crippen LogP contribution in [0.15, 0.2) is 48.5 Å². The van der Waals surface area contributed by atoms with Gasteiger partial charge in [-0.2, -0.15) is 0 Å². The Morgan fingerprint density at radius 1 is 1.12 bits per heavy atom. The number of hydrogen-bond acceptors (Lipinski definition) is 3. The molecular formula is C20H26N2O2. The lowest BCUT2D eigenvalue weighted by atomic mass is 9.97. The molecule has 0 radical (unpaired) electrons. The highest BCUT2D eigenvalue weighted by Crippen LogP contribution is 2.26. The molecular weight excluding hydrogens is 300 g/mol. The lowest BCUT2D eigenvalue weighted by molar-refractivity contribution is -0.116. The molecule has 2 aromatic rings. The van der Waals surface area contributed by atoms with E-state index in [1.807, 2.05) is 49.4 Å². The Morgan fingerprint density at radius 2 is 1.88 bits per heavy atom. The molecule has 0 aliphatic rings. The van der Waals surface area contributed by atoms with Gasteiger partial charge in [0.15, 0.2) is 0 Å². The van der Waals surface area contributed by atoms with Gasteiger partial charge < -0.3 is 15.7 Å². The Kier molecular flexibility index (Phi) is 6.38. The molecule has 0 aliphatic heterocycles. The molecule has 0 spiro atoms. The van der Waals surface area contributed by atoms with Gasteiger partial charge in [0, 0.05) is 11.4 Å². The second-order valence-corrected chi connectivity index (χ2v) is 6.11. The van der Waals surface area contributed by atoms with Gasteiger partial charge in [0.2, 0.25) is 5.91 Å². The van der Waals surface area contributed by atoms with E-state index in [2.05, 4.69) is 30.5 Å². The van der Waals surface area contributed by atoms with E-state index in [-0.39, 0.29) is 18.6 Å². The smallest absolute Gasteiger partial charge is 0.246 e. The number of anilines is 2. The van der Waals surface area contributed by atoms with Gasteiger partial charge in [0.05, 0.1) is 6.61 Å². The average molecular weight is 326 g/mol. The van der Waals surface area contributed by atoms with E-state index in [0.29, 0.717) is 5.92 Å². The maximum atomic E-state index is 12.5. The van der Waals surface area contributed by atoms with Gasteiger partial charge in [-0.1, -0.05) is 44.2 Å². The lowest BCUT2D eigenvalue weighted by Gasteiger charge is -2.19. The first-order valence-electron chi connectivity index (χ1n) is 8.41. The molecule has 0 saturated carbocycles. The standard InChI is InChI=1S/C20H26N2O2/c1-4-14(2)18-10-5-6-11-19(18)22-20(24)15(3)21-17-9-7-8-16(12-17)13-23/h5-12,14-15,21,23H,4,13H2,1-3H3,(H,22,24)/t14-,15-/m1/s1. The predicted octanol–water partition coefficient (Wildman–Crippen LogP) is 4.13. The average Bonchev–Trinajstić information content (AvgIpc) is 2.61. The molecule has 4 nitrogen and oxygen atoms in total. The quantitative estimate of drug-likeness (QED) is 0.717. The van der Waals surface area contributed by atoms with Crippen LogP contribution in [0.1, 0.15) is 44.2 Å². The molecule has 1 amide bonds. The molecule has 0 saturated heterocycles. The Morgan fingerprint density at radius 3 is 2.58 bits per heavy atom. The third-order valence-electron chi connectivity index (χ3n) is 4.25.